The number of nitriles is 1. The first kappa shape index (κ1) is 15.3. The van der Waals surface area contributed by atoms with Gasteiger partial charge < -0.3 is 9.09 Å². The summed E-state index contributed by atoms with van der Waals surface area (Å²) < 4.78 is 30.9. The number of benzene rings is 1. The number of hydrogen-bond donors (Lipinski definition) is 0. The van der Waals surface area contributed by atoms with Gasteiger partial charge in [0.05, 0.1) is 28.8 Å². The molecule has 0 saturated heterocycles. The second-order valence-corrected chi connectivity index (χ2v) is 6.98. The van der Waals surface area contributed by atoms with Gasteiger partial charge in [-0.15, -0.1) is 0 Å². The fourth-order valence-corrected chi connectivity index (χ4v) is 3.74. The predicted molar refractivity (Wildman–Crippen MR) is 80.3 cm³/mol. The van der Waals surface area contributed by atoms with Gasteiger partial charge in [0.2, 0.25) is 0 Å². The molecule has 0 saturated carbocycles. The van der Waals surface area contributed by atoms with Crippen LogP contribution in [0.3, 0.4) is 0 Å². The van der Waals surface area contributed by atoms with Crippen LogP contribution in [0.5, 0.6) is 0 Å². The number of rotatable bonds is 5. The Balaban J connectivity index is 2.64. The van der Waals surface area contributed by atoms with E-state index < -0.39 is 9.84 Å². The fourth-order valence-electron chi connectivity index (χ4n) is 1.96. The van der Waals surface area contributed by atoms with Crippen molar-refractivity contribution in [3.8, 4) is 6.07 Å². The Bertz CT molecular complexity index is 780. The zero-order chi connectivity index (χ0) is 14.8. The lowest BCUT2D eigenvalue weighted by molar-refractivity contribution is 0.399. The molecule has 1 heterocycles. The van der Waals surface area contributed by atoms with Crippen LogP contribution in [0.1, 0.15) is 0 Å². The highest BCUT2D eigenvalue weighted by Crippen LogP contribution is 2.29. The van der Waals surface area contributed by atoms with E-state index in [0.29, 0.717) is 15.9 Å². The van der Waals surface area contributed by atoms with Crippen LogP contribution in [-0.4, -0.2) is 25.3 Å². The summed E-state index contributed by atoms with van der Waals surface area (Å²) in [6, 6.07) is 6.98. The van der Waals surface area contributed by atoms with Crippen LogP contribution < -0.4 is 0 Å². The fraction of sp³-hybridized carbons (Fsp3) is 0.250. The number of sulfone groups is 1. The Morgan fingerprint density at radius 3 is 2.85 bits per heavy atom. The summed E-state index contributed by atoms with van der Waals surface area (Å²) in [7, 11) is -1.47. The lowest BCUT2D eigenvalue weighted by atomic mass is 10.2. The van der Waals surface area contributed by atoms with E-state index in [0.717, 1.165) is 0 Å². The minimum absolute atomic E-state index is 0.0772. The molecule has 0 N–H and O–H groups in total. The van der Waals surface area contributed by atoms with Crippen molar-refractivity contribution >= 4 is 41.8 Å². The molecule has 2 rings (SSSR count). The number of nitrogens with zero attached hydrogens (tertiary/aromatic N) is 2. The largest absolute Gasteiger partial charge is 0.365 e. The first-order valence-corrected chi connectivity index (χ1v) is 8.19. The van der Waals surface area contributed by atoms with Gasteiger partial charge in [-0.25, -0.2) is 8.42 Å². The van der Waals surface area contributed by atoms with E-state index in [1.807, 2.05) is 15.5 Å². The number of fused-ring (bicyclic) bond motifs is 1. The average Bonchev–Trinajstić information content (AvgIpc) is 2.76. The lowest BCUT2D eigenvalue weighted by Crippen LogP contribution is -2.10. The summed E-state index contributed by atoms with van der Waals surface area (Å²) in [5.74, 6) is -0.130. The van der Waals surface area contributed by atoms with E-state index in [4.69, 9.17) is 21.4 Å². The van der Waals surface area contributed by atoms with Crippen molar-refractivity contribution in [2.24, 2.45) is 0 Å². The molecule has 0 fully saturated rings. The van der Waals surface area contributed by atoms with Crippen molar-refractivity contribution in [2.75, 3.05) is 12.4 Å². The highest BCUT2D eigenvalue weighted by atomic mass is 35.5. The maximum absolute atomic E-state index is 12.3. The zero-order valence-corrected chi connectivity index (χ0v) is 13.1. The van der Waals surface area contributed by atoms with Gasteiger partial charge in [0, 0.05) is 26.1 Å². The van der Waals surface area contributed by atoms with Crippen LogP contribution >= 0.6 is 21.1 Å². The van der Waals surface area contributed by atoms with Crippen molar-refractivity contribution < 1.29 is 12.9 Å². The molecule has 0 amide bonds. The first-order valence-electron chi connectivity index (χ1n) is 5.69. The molecule has 1 atom stereocenters. The third-order valence-corrected chi connectivity index (χ3v) is 5.02. The van der Waals surface area contributed by atoms with Gasteiger partial charge in [-0.05, 0) is 18.2 Å². The number of halogens is 1. The molecule has 0 aliphatic carbocycles. The van der Waals surface area contributed by atoms with Gasteiger partial charge in [-0.1, -0.05) is 11.6 Å². The Hall–Kier alpha value is -1.12. The molecular formula is C12H12ClN2O3PS. The van der Waals surface area contributed by atoms with Crippen molar-refractivity contribution in [3.05, 3.63) is 29.4 Å². The van der Waals surface area contributed by atoms with Gasteiger partial charge in [0.1, 0.15) is 6.54 Å². The molecule has 0 aliphatic heterocycles. The predicted octanol–water partition coefficient (Wildman–Crippen LogP) is 2.40. The Kier molecular flexibility index (Phi) is 4.66. The van der Waals surface area contributed by atoms with Crippen LogP contribution in [-0.2, 0) is 20.9 Å². The van der Waals surface area contributed by atoms with Crippen molar-refractivity contribution in [1.82, 2.24) is 4.57 Å². The first-order chi connectivity index (χ1) is 9.49. The molecule has 2 aromatic rings. The maximum Gasteiger partial charge on any atom is 0.182 e. The molecular weight excluding hydrogens is 319 g/mol. The molecule has 1 aromatic heterocycles. The van der Waals surface area contributed by atoms with Crippen LogP contribution in [0.15, 0.2) is 29.3 Å². The van der Waals surface area contributed by atoms with E-state index in [2.05, 4.69) is 0 Å². The maximum atomic E-state index is 12.3. The van der Waals surface area contributed by atoms with E-state index >= 15 is 0 Å². The Morgan fingerprint density at radius 1 is 1.45 bits per heavy atom. The monoisotopic (exact) mass is 330 g/mol. The molecule has 20 heavy (non-hydrogen) atoms. The minimum Gasteiger partial charge on any atom is -0.365 e. The normalized spacial score (nSPS) is 11.7. The third-order valence-electron chi connectivity index (χ3n) is 2.85. The SMILES string of the molecule is N#CCn1cc(S(=O)(=O)CCOP)c2cc(Cl)ccc21. The van der Waals surface area contributed by atoms with Gasteiger partial charge >= 0.3 is 0 Å². The van der Waals surface area contributed by atoms with Crippen LogP contribution in [0.25, 0.3) is 10.9 Å². The molecule has 0 aliphatic rings. The minimum atomic E-state index is -3.49. The molecule has 5 nitrogen and oxygen atoms in total. The molecule has 0 spiro atoms. The summed E-state index contributed by atoms with van der Waals surface area (Å²) in [5, 5.41) is 9.79. The number of aromatic nitrogens is 1. The highest BCUT2D eigenvalue weighted by Gasteiger charge is 2.21. The molecule has 106 valence electrons. The Morgan fingerprint density at radius 2 is 2.20 bits per heavy atom. The van der Waals surface area contributed by atoms with E-state index in [9.17, 15) is 8.42 Å². The van der Waals surface area contributed by atoms with Gasteiger partial charge in [0.15, 0.2) is 9.84 Å². The average molecular weight is 331 g/mol. The van der Waals surface area contributed by atoms with Gasteiger partial charge in [-0.3, -0.25) is 0 Å². The van der Waals surface area contributed by atoms with Crippen molar-refractivity contribution in [3.63, 3.8) is 0 Å². The van der Waals surface area contributed by atoms with Crippen molar-refractivity contribution in [2.45, 2.75) is 11.4 Å². The molecule has 0 bridgehead atoms. The van der Waals surface area contributed by atoms with Crippen LogP contribution in [0, 0.1) is 11.3 Å². The van der Waals surface area contributed by atoms with E-state index in [1.54, 1.807) is 22.8 Å². The molecule has 8 heteroatoms. The number of hydrogen-bond acceptors (Lipinski definition) is 4. The summed E-state index contributed by atoms with van der Waals surface area (Å²) in [6.07, 6.45) is 1.47. The van der Waals surface area contributed by atoms with E-state index in [-0.39, 0.29) is 23.8 Å². The van der Waals surface area contributed by atoms with Crippen LogP contribution in [0.2, 0.25) is 5.02 Å². The smallest absolute Gasteiger partial charge is 0.182 e. The van der Waals surface area contributed by atoms with Gasteiger partial charge in [-0.2, -0.15) is 5.26 Å². The molecule has 0 radical (unpaired) electrons. The second kappa shape index (κ2) is 6.11. The van der Waals surface area contributed by atoms with Crippen molar-refractivity contribution in [1.29, 1.82) is 5.26 Å². The summed E-state index contributed by atoms with van der Waals surface area (Å²) in [4.78, 5) is 0.173. The Labute approximate surface area is 124 Å². The lowest BCUT2D eigenvalue weighted by Gasteiger charge is -2.02. The van der Waals surface area contributed by atoms with Crippen LogP contribution in [0.4, 0.5) is 0 Å². The van der Waals surface area contributed by atoms with E-state index in [1.165, 1.54) is 6.20 Å². The summed E-state index contributed by atoms with van der Waals surface area (Å²) in [6.45, 7) is 0.159. The second-order valence-electron chi connectivity index (χ2n) is 4.13. The molecule has 1 aromatic carbocycles. The quantitative estimate of drug-likeness (QED) is 0.789. The standard InChI is InChI=1S/C12H12ClN2O3PS/c13-9-1-2-11-10(7-9)12(8-15(11)4-3-14)20(16,17)6-5-18-19/h1-2,7-8H,4-6,19H2. The zero-order valence-electron chi connectivity index (χ0n) is 10.4. The summed E-state index contributed by atoms with van der Waals surface area (Å²) >= 11 is 5.93. The third kappa shape index (κ3) is 2.97. The summed E-state index contributed by atoms with van der Waals surface area (Å²) in [5.41, 5.74) is 0.668. The highest BCUT2D eigenvalue weighted by molar-refractivity contribution is 7.91. The molecule has 1 unspecified atom stereocenters. The van der Waals surface area contributed by atoms with Gasteiger partial charge in [0.25, 0.3) is 0 Å². The topological polar surface area (TPSA) is 72.1 Å².